The molecule has 0 spiro atoms. The maximum Gasteiger partial charge on any atom is 0.236 e. The molecule has 0 radical (unpaired) electrons. The van der Waals surface area contributed by atoms with Crippen molar-refractivity contribution in [2.75, 3.05) is 5.32 Å². The molecule has 0 saturated heterocycles. The third kappa shape index (κ3) is 4.96. The smallest absolute Gasteiger partial charge is 0.236 e. The van der Waals surface area contributed by atoms with Crippen molar-refractivity contribution in [3.63, 3.8) is 0 Å². The van der Waals surface area contributed by atoms with Gasteiger partial charge in [-0.3, -0.25) is 9.59 Å². The fourth-order valence-electron chi connectivity index (χ4n) is 3.70. The van der Waals surface area contributed by atoms with Crippen LogP contribution in [0.4, 0.5) is 5.69 Å². The Labute approximate surface area is 182 Å². The van der Waals surface area contributed by atoms with Gasteiger partial charge < -0.3 is 5.32 Å². The Morgan fingerprint density at radius 3 is 1.68 bits per heavy atom. The highest BCUT2D eigenvalue weighted by Crippen LogP contribution is 2.27. The van der Waals surface area contributed by atoms with E-state index in [9.17, 15) is 9.59 Å². The average Bonchev–Trinajstić information content (AvgIpc) is 2.81. The monoisotopic (exact) mass is 405 g/mol. The number of rotatable bonds is 7. The van der Waals surface area contributed by atoms with Crippen LogP contribution in [0.5, 0.6) is 0 Å². The van der Waals surface area contributed by atoms with Crippen LogP contribution in [0.25, 0.3) is 0 Å². The predicted octanol–water partition coefficient (Wildman–Crippen LogP) is 5.88. The van der Waals surface area contributed by atoms with E-state index in [1.807, 2.05) is 103 Å². The van der Waals surface area contributed by atoms with Crippen LogP contribution in [0.1, 0.15) is 33.0 Å². The maximum absolute atomic E-state index is 13.4. The molecule has 0 atom stereocenters. The van der Waals surface area contributed by atoms with Crippen LogP contribution in [0, 0.1) is 0 Å². The highest BCUT2D eigenvalue weighted by Gasteiger charge is 2.24. The van der Waals surface area contributed by atoms with Gasteiger partial charge in [0.25, 0.3) is 0 Å². The van der Waals surface area contributed by atoms with E-state index in [1.54, 1.807) is 12.1 Å². The normalized spacial score (nSPS) is 10.6. The van der Waals surface area contributed by atoms with Gasteiger partial charge in [0.05, 0.1) is 11.6 Å². The number of para-hydroxylation sites is 1. The summed E-state index contributed by atoms with van der Waals surface area (Å²) in [5.74, 6) is -0.671. The SMILES string of the molecule is O=C(Cc1ccccc1)c1ccccc1NC(=O)C(c1ccccc1)c1ccccc1. The van der Waals surface area contributed by atoms with Crippen LogP contribution >= 0.6 is 0 Å². The van der Waals surface area contributed by atoms with Crippen LogP contribution in [-0.4, -0.2) is 11.7 Å². The number of anilines is 1. The molecule has 0 unspecified atom stereocenters. The summed E-state index contributed by atoms with van der Waals surface area (Å²) >= 11 is 0. The molecular weight excluding hydrogens is 382 g/mol. The van der Waals surface area contributed by atoms with E-state index >= 15 is 0 Å². The van der Waals surface area contributed by atoms with E-state index in [-0.39, 0.29) is 18.1 Å². The molecule has 0 heterocycles. The lowest BCUT2D eigenvalue weighted by Crippen LogP contribution is -2.23. The molecule has 4 rings (SSSR count). The Hall–Kier alpha value is -3.98. The number of hydrogen-bond acceptors (Lipinski definition) is 2. The largest absolute Gasteiger partial charge is 0.325 e. The minimum atomic E-state index is -0.473. The second-order valence-corrected chi connectivity index (χ2v) is 7.37. The molecule has 0 aromatic heterocycles. The predicted molar refractivity (Wildman–Crippen MR) is 124 cm³/mol. The molecule has 0 aliphatic heterocycles. The zero-order valence-corrected chi connectivity index (χ0v) is 17.1. The summed E-state index contributed by atoms with van der Waals surface area (Å²) in [5, 5.41) is 3.01. The Morgan fingerprint density at radius 1 is 0.613 bits per heavy atom. The second kappa shape index (κ2) is 9.68. The van der Waals surface area contributed by atoms with Crippen LogP contribution in [0.2, 0.25) is 0 Å². The minimum absolute atomic E-state index is 0.0296. The maximum atomic E-state index is 13.4. The van der Waals surface area contributed by atoms with E-state index in [2.05, 4.69) is 5.32 Å². The molecule has 0 saturated carbocycles. The molecule has 3 heteroatoms. The fraction of sp³-hybridized carbons (Fsp3) is 0.0714. The van der Waals surface area contributed by atoms with Crippen molar-refractivity contribution in [1.29, 1.82) is 0 Å². The lowest BCUT2D eigenvalue weighted by molar-refractivity contribution is -0.116. The van der Waals surface area contributed by atoms with Gasteiger partial charge in [-0.15, -0.1) is 0 Å². The van der Waals surface area contributed by atoms with E-state index in [1.165, 1.54) is 0 Å². The summed E-state index contributed by atoms with van der Waals surface area (Å²) < 4.78 is 0. The van der Waals surface area contributed by atoms with Gasteiger partial charge in [0.15, 0.2) is 5.78 Å². The molecule has 152 valence electrons. The third-order valence-electron chi connectivity index (χ3n) is 5.22. The minimum Gasteiger partial charge on any atom is -0.325 e. The zero-order chi connectivity index (χ0) is 21.5. The number of nitrogens with one attached hydrogen (secondary N) is 1. The molecule has 1 amide bonds. The number of Topliss-reactive ketones (excluding diaryl/α,β-unsaturated/α-hetero) is 1. The lowest BCUT2D eigenvalue weighted by Gasteiger charge is -2.19. The summed E-state index contributed by atoms with van der Waals surface area (Å²) in [5.41, 5.74) is 3.79. The number of carbonyl (C=O) groups is 2. The number of benzene rings is 4. The third-order valence-corrected chi connectivity index (χ3v) is 5.22. The van der Waals surface area contributed by atoms with Crippen molar-refractivity contribution in [2.24, 2.45) is 0 Å². The lowest BCUT2D eigenvalue weighted by atomic mass is 9.90. The fourth-order valence-corrected chi connectivity index (χ4v) is 3.70. The first-order valence-electron chi connectivity index (χ1n) is 10.3. The molecule has 0 fully saturated rings. The highest BCUT2D eigenvalue weighted by molar-refractivity contribution is 6.07. The first kappa shape index (κ1) is 20.3. The van der Waals surface area contributed by atoms with E-state index in [4.69, 9.17) is 0 Å². The van der Waals surface area contributed by atoms with E-state index in [0.717, 1.165) is 16.7 Å². The summed E-state index contributed by atoms with van der Waals surface area (Å²) in [6.07, 6.45) is 0.286. The number of ketones is 1. The van der Waals surface area contributed by atoms with Gasteiger partial charge in [0, 0.05) is 12.0 Å². The van der Waals surface area contributed by atoms with Gasteiger partial charge in [-0.1, -0.05) is 103 Å². The summed E-state index contributed by atoms with van der Waals surface area (Å²) in [6.45, 7) is 0. The topological polar surface area (TPSA) is 46.2 Å². The van der Waals surface area contributed by atoms with Crippen LogP contribution in [-0.2, 0) is 11.2 Å². The van der Waals surface area contributed by atoms with Gasteiger partial charge in [-0.2, -0.15) is 0 Å². The van der Waals surface area contributed by atoms with Crippen LogP contribution in [0.3, 0.4) is 0 Å². The molecule has 3 nitrogen and oxygen atoms in total. The van der Waals surface area contributed by atoms with Crippen molar-refractivity contribution >= 4 is 17.4 Å². The summed E-state index contributed by atoms with van der Waals surface area (Å²) in [7, 11) is 0. The summed E-state index contributed by atoms with van der Waals surface area (Å²) in [6, 6.07) is 36.2. The van der Waals surface area contributed by atoms with Gasteiger partial charge in [0.2, 0.25) is 5.91 Å². The molecule has 0 bridgehead atoms. The molecular formula is C28H23NO2. The molecule has 4 aromatic rings. The molecule has 0 aliphatic rings. The Morgan fingerprint density at radius 2 is 1.10 bits per heavy atom. The van der Waals surface area contributed by atoms with Crippen LogP contribution in [0.15, 0.2) is 115 Å². The Balaban J connectivity index is 1.62. The van der Waals surface area contributed by atoms with Crippen molar-refractivity contribution in [3.05, 3.63) is 138 Å². The van der Waals surface area contributed by atoms with Gasteiger partial charge in [0.1, 0.15) is 0 Å². The van der Waals surface area contributed by atoms with Crippen LogP contribution < -0.4 is 5.32 Å². The Kier molecular flexibility index (Phi) is 6.34. The second-order valence-electron chi connectivity index (χ2n) is 7.37. The summed E-state index contributed by atoms with van der Waals surface area (Å²) in [4.78, 5) is 26.4. The molecule has 1 N–H and O–H groups in total. The van der Waals surface area contributed by atoms with Gasteiger partial charge in [-0.05, 0) is 28.8 Å². The zero-order valence-electron chi connectivity index (χ0n) is 17.1. The standard InChI is InChI=1S/C28H23NO2/c30-26(20-21-12-4-1-5-13-21)24-18-10-11-19-25(24)29-28(31)27(22-14-6-2-7-15-22)23-16-8-3-9-17-23/h1-19,27H,20H2,(H,29,31). The average molecular weight is 405 g/mol. The highest BCUT2D eigenvalue weighted by atomic mass is 16.2. The number of carbonyl (C=O) groups excluding carboxylic acids is 2. The molecule has 4 aromatic carbocycles. The van der Waals surface area contributed by atoms with Gasteiger partial charge >= 0.3 is 0 Å². The van der Waals surface area contributed by atoms with Crippen molar-refractivity contribution in [3.8, 4) is 0 Å². The van der Waals surface area contributed by atoms with Crippen molar-refractivity contribution < 1.29 is 9.59 Å². The quantitative estimate of drug-likeness (QED) is 0.390. The van der Waals surface area contributed by atoms with Crippen molar-refractivity contribution in [2.45, 2.75) is 12.3 Å². The Bertz CT molecular complexity index is 1120. The van der Waals surface area contributed by atoms with Gasteiger partial charge in [-0.25, -0.2) is 0 Å². The number of amides is 1. The first-order valence-corrected chi connectivity index (χ1v) is 10.3. The first-order chi connectivity index (χ1) is 15.2. The number of hydrogen-bond donors (Lipinski definition) is 1. The van der Waals surface area contributed by atoms with E-state index in [0.29, 0.717) is 11.3 Å². The molecule has 0 aliphatic carbocycles. The molecule has 31 heavy (non-hydrogen) atoms. The van der Waals surface area contributed by atoms with Crippen molar-refractivity contribution in [1.82, 2.24) is 0 Å². The van der Waals surface area contributed by atoms with E-state index < -0.39 is 5.92 Å².